The van der Waals surface area contributed by atoms with Crippen molar-refractivity contribution in [3.63, 3.8) is 0 Å². The van der Waals surface area contributed by atoms with Crippen molar-refractivity contribution in [1.29, 1.82) is 0 Å². The van der Waals surface area contributed by atoms with E-state index in [4.69, 9.17) is 5.11 Å². The first-order valence-electron chi connectivity index (χ1n) is 5.98. The lowest BCUT2D eigenvalue weighted by Gasteiger charge is -2.14. The second kappa shape index (κ2) is 5.72. The van der Waals surface area contributed by atoms with Gasteiger partial charge in [-0.25, -0.2) is 13.5 Å². The summed E-state index contributed by atoms with van der Waals surface area (Å²) in [5.41, 5.74) is -0.0983. The van der Waals surface area contributed by atoms with E-state index in [1.165, 1.54) is 16.8 Å². The molecule has 0 spiro atoms. The molecule has 20 heavy (non-hydrogen) atoms. The van der Waals surface area contributed by atoms with Gasteiger partial charge in [-0.3, -0.25) is 4.79 Å². The summed E-state index contributed by atoms with van der Waals surface area (Å²) in [4.78, 5) is 10.8. The highest BCUT2D eigenvalue weighted by atomic mass is 19.2. The number of aromatic nitrogens is 4. The normalized spacial score (nSPS) is 12.3. The number of carbonyl (C=O) groups is 1. The predicted molar refractivity (Wildman–Crippen MR) is 64.7 cm³/mol. The Kier molecular flexibility index (Phi) is 4.02. The van der Waals surface area contributed by atoms with Crippen LogP contribution in [0.4, 0.5) is 8.78 Å². The third kappa shape index (κ3) is 2.63. The minimum Gasteiger partial charge on any atom is -0.481 e. The number of halogens is 2. The smallest absolute Gasteiger partial charge is 0.305 e. The zero-order valence-corrected chi connectivity index (χ0v) is 10.6. The standard InChI is InChI=1S/C12H12F2N4O2/c1-2-7(6-10(19)20)18-12(15-16-17-18)8-4-3-5-9(13)11(8)14/h3-5,7H,2,6H2,1H3,(H,19,20). The number of nitrogens with zero attached hydrogens (tertiary/aromatic N) is 4. The molecule has 0 saturated carbocycles. The van der Waals surface area contributed by atoms with E-state index in [0.29, 0.717) is 6.42 Å². The van der Waals surface area contributed by atoms with Crippen molar-refractivity contribution in [3.8, 4) is 11.4 Å². The summed E-state index contributed by atoms with van der Waals surface area (Å²) < 4.78 is 28.2. The molecule has 0 radical (unpaired) electrons. The fourth-order valence-electron chi connectivity index (χ4n) is 1.90. The summed E-state index contributed by atoms with van der Waals surface area (Å²) in [5, 5.41) is 19.6. The van der Waals surface area contributed by atoms with E-state index in [1.54, 1.807) is 6.92 Å². The zero-order chi connectivity index (χ0) is 14.7. The molecule has 1 atom stereocenters. The van der Waals surface area contributed by atoms with Crippen molar-refractivity contribution in [1.82, 2.24) is 20.2 Å². The first kappa shape index (κ1) is 14.0. The van der Waals surface area contributed by atoms with Crippen LogP contribution in [-0.2, 0) is 4.79 Å². The predicted octanol–water partition coefficient (Wildman–Crippen LogP) is 2.04. The van der Waals surface area contributed by atoms with Crippen molar-refractivity contribution >= 4 is 5.97 Å². The van der Waals surface area contributed by atoms with Crippen LogP contribution in [0.2, 0.25) is 0 Å². The molecule has 2 rings (SSSR count). The molecule has 0 aliphatic carbocycles. The van der Waals surface area contributed by atoms with E-state index >= 15 is 0 Å². The largest absolute Gasteiger partial charge is 0.481 e. The number of hydrogen-bond donors (Lipinski definition) is 1. The Bertz CT molecular complexity index is 630. The Morgan fingerprint density at radius 3 is 2.85 bits per heavy atom. The zero-order valence-electron chi connectivity index (χ0n) is 10.6. The summed E-state index contributed by atoms with van der Waals surface area (Å²) in [7, 11) is 0. The molecule has 1 aromatic carbocycles. The maximum Gasteiger partial charge on any atom is 0.305 e. The molecule has 2 aromatic rings. The van der Waals surface area contributed by atoms with Gasteiger partial charge in [0.2, 0.25) is 0 Å². The van der Waals surface area contributed by atoms with Crippen LogP contribution in [0.15, 0.2) is 18.2 Å². The molecule has 6 nitrogen and oxygen atoms in total. The molecular formula is C12H12F2N4O2. The summed E-state index contributed by atoms with van der Waals surface area (Å²) in [6.07, 6.45) is 0.243. The van der Waals surface area contributed by atoms with Crippen molar-refractivity contribution in [2.75, 3.05) is 0 Å². The fourth-order valence-corrected chi connectivity index (χ4v) is 1.90. The quantitative estimate of drug-likeness (QED) is 0.907. The minimum absolute atomic E-state index is 0.00935. The maximum absolute atomic E-state index is 13.8. The minimum atomic E-state index is -1.06. The molecule has 1 aromatic heterocycles. The molecule has 1 unspecified atom stereocenters. The van der Waals surface area contributed by atoms with E-state index in [1.807, 2.05) is 0 Å². The van der Waals surface area contributed by atoms with Crippen LogP contribution in [-0.4, -0.2) is 31.3 Å². The van der Waals surface area contributed by atoms with E-state index in [-0.39, 0.29) is 17.8 Å². The topological polar surface area (TPSA) is 80.9 Å². The van der Waals surface area contributed by atoms with Gasteiger partial charge in [-0.05, 0) is 29.0 Å². The average molecular weight is 282 g/mol. The number of carboxylic acids is 1. The number of carboxylic acid groups (broad SMARTS) is 1. The molecule has 106 valence electrons. The van der Waals surface area contributed by atoms with Crippen LogP contribution >= 0.6 is 0 Å². The van der Waals surface area contributed by atoms with Crippen LogP contribution < -0.4 is 0 Å². The van der Waals surface area contributed by atoms with E-state index in [9.17, 15) is 13.6 Å². The Labute approximate surface area is 113 Å². The van der Waals surface area contributed by atoms with Crippen LogP contribution in [0, 0.1) is 11.6 Å². The number of benzene rings is 1. The van der Waals surface area contributed by atoms with Gasteiger partial charge in [-0.15, -0.1) is 5.10 Å². The van der Waals surface area contributed by atoms with Crippen LogP contribution in [0.5, 0.6) is 0 Å². The SMILES string of the molecule is CCC(CC(=O)O)n1nnnc1-c1cccc(F)c1F. The Balaban J connectivity index is 2.47. The van der Waals surface area contributed by atoms with Gasteiger partial charge in [-0.1, -0.05) is 13.0 Å². The molecular weight excluding hydrogens is 270 g/mol. The fraction of sp³-hybridized carbons (Fsp3) is 0.333. The summed E-state index contributed by atoms with van der Waals surface area (Å²) >= 11 is 0. The number of hydrogen-bond acceptors (Lipinski definition) is 4. The van der Waals surface area contributed by atoms with Crippen LogP contribution in [0.25, 0.3) is 11.4 Å². The lowest BCUT2D eigenvalue weighted by Crippen LogP contribution is -2.16. The Hall–Kier alpha value is -2.38. The van der Waals surface area contributed by atoms with Crippen LogP contribution in [0.3, 0.4) is 0 Å². The Morgan fingerprint density at radius 1 is 1.45 bits per heavy atom. The first-order valence-corrected chi connectivity index (χ1v) is 5.98. The summed E-state index contributed by atoms with van der Waals surface area (Å²) in [6.45, 7) is 1.76. The van der Waals surface area contributed by atoms with Gasteiger partial charge in [0, 0.05) is 0 Å². The van der Waals surface area contributed by atoms with Crippen LogP contribution in [0.1, 0.15) is 25.8 Å². The third-order valence-electron chi connectivity index (χ3n) is 2.91. The van der Waals surface area contributed by atoms with Gasteiger partial charge in [0.1, 0.15) is 0 Å². The van der Waals surface area contributed by atoms with Gasteiger partial charge in [-0.2, -0.15) is 0 Å². The summed E-state index contributed by atoms with van der Waals surface area (Å²) in [5.74, 6) is -3.08. The second-order valence-corrected chi connectivity index (χ2v) is 4.21. The maximum atomic E-state index is 13.8. The van der Waals surface area contributed by atoms with Gasteiger partial charge in [0.05, 0.1) is 18.0 Å². The molecule has 0 aliphatic rings. The number of aliphatic carboxylic acids is 1. The monoisotopic (exact) mass is 282 g/mol. The lowest BCUT2D eigenvalue weighted by atomic mass is 10.1. The van der Waals surface area contributed by atoms with Crippen molar-refractivity contribution in [2.24, 2.45) is 0 Å². The van der Waals surface area contributed by atoms with Gasteiger partial charge in [0.25, 0.3) is 0 Å². The van der Waals surface area contributed by atoms with Gasteiger partial charge >= 0.3 is 5.97 Å². The molecule has 1 N–H and O–H groups in total. The molecule has 0 amide bonds. The number of rotatable bonds is 5. The molecule has 0 aliphatic heterocycles. The molecule has 0 bridgehead atoms. The lowest BCUT2D eigenvalue weighted by molar-refractivity contribution is -0.138. The molecule has 0 saturated heterocycles. The second-order valence-electron chi connectivity index (χ2n) is 4.21. The molecule has 1 heterocycles. The highest BCUT2D eigenvalue weighted by Gasteiger charge is 2.22. The number of tetrazole rings is 1. The van der Waals surface area contributed by atoms with E-state index < -0.39 is 23.6 Å². The van der Waals surface area contributed by atoms with Gasteiger partial charge < -0.3 is 5.11 Å². The van der Waals surface area contributed by atoms with Crippen molar-refractivity contribution in [2.45, 2.75) is 25.8 Å². The first-order chi connectivity index (χ1) is 9.54. The molecule has 8 heteroatoms. The molecule has 0 fully saturated rings. The van der Waals surface area contributed by atoms with Gasteiger partial charge in [0.15, 0.2) is 17.5 Å². The highest BCUT2D eigenvalue weighted by molar-refractivity contribution is 5.67. The highest BCUT2D eigenvalue weighted by Crippen LogP contribution is 2.26. The van der Waals surface area contributed by atoms with Crippen molar-refractivity contribution in [3.05, 3.63) is 29.8 Å². The van der Waals surface area contributed by atoms with E-state index in [0.717, 1.165) is 6.07 Å². The summed E-state index contributed by atoms with van der Waals surface area (Å²) in [6, 6.07) is 3.14. The van der Waals surface area contributed by atoms with Crippen molar-refractivity contribution < 1.29 is 18.7 Å². The average Bonchev–Trinajstić information content (AvgIpc) is 2.88. The van der Waals surface area contributed by atoms with E-state index in [2.05, 4.69) is 15.5 Å². The third-order valence-corrected chi connectivity index (χ3v) is 2.91. The Morgan fingerprint density at radius 2 is 2.20 bits per heavy atom.